The van der Waals surface area contributed by atoms with Crippen molar-refractivity contribution in [1.82, 2.24) is 25.4 Å². The van der Waals surface area contributed by atoms with E-state index in [4.69, 9.17) is 4.74 Å². The molecule has 0 amide bonds. The van der Waals surface area contributed by atoms with Gasteiger partial charge in [0, 0.05) is 13.6 Å². The molecule has 0 saturated heterocycles. The van der Waals surface area contributed by atoms with E-state index in [0.29, 0.717) is 25.6 Å². The van der Waals surface area contributed by atoms with Crippen molar-refractivity contribution in [2.24, 2.45) is 12.0 Å². The largest absolute Gasteiger partial charge is 0.497 e. The van der Waals surface area contributed by atoms with Crippen LogP contribution in [0.2, 0.25) is 0 Å². The van der Waals surface area contributed by atoms with Gasteiger partial charge < -0.3 is 19.9 Å². The minimum atomic E-state index is 0. The van der Waals surface area contributed by atoms with Crippen LogP contribution in [0, 0.1) is 6.92 Å². The van der Waals surface area contributed by atoms with Gasteiger partial charge in [0.15, 0.2) is 11.8 Å². The van der Waals surface area contributed by atoms with Crippen molar-refractivity contribution in [1.29, 1.82) is 0 Å². The van der Waals surface area contributed by atoms with Gasteiger partial charge in [0.05, 0.1) is 20.2 Å². The fraction of sp³-hybridized carbons (Fsp3) is 0.353. The maximum atomic E-state index is 5.16. The van der Waals surface area contributed by atoms with Crippen LogP contribution in [0.1, 0.15) is 17.2 Å². The molecular formula is C17H25IN6O. The molecule has 1 aromatic carbocycles. The molecule has 7 nitrogen and oxygen atoms in total. The number of aryl methyl sites for hydroxylation is 1. The molecule has 25 heavy (non-hydrogen) atoms. The third kappa shape index (κ3) is 6.37. The summed E-state index contributed by atoms with van der Waals surface area (Å²) in [6, 6.07) is 7.86. The van der Waals surface area contributed by atoms with Crippen molar-refractivity contribution in [3.8, 4) is 5.75 Å². The van der Waals surface area contributed by atoms with E-state index in [1.54, 1.807) is 13.2 Å². The summed E-state index contributed by atoms with van der Waals surface area (Å²) < 4.78 is 7.11. The van der Waals surface area contributed by atoms with Gasteiger partial charge in [-0.05, 0) is 24.6 Å². The number of nitrogens with one attached hydrogen (secondary N) is 2. The van der Waals surface area contributed by atoms with E-state index in [1.165, 1.54) is 0 Å². The number of aliphatic imine (C=N–C) groups is 1. The fourth-order valence-corrected chi connectivity index (χ4v) is 2.01. The number of guanidine groups is 1. The maximum absolute atomic E-state index is 5.16. The van der Waals surface area contributed by atoms with Crippen molar-refractivity contribution in [3.05, 3.63) is 54.1 Å². The van der Waals surface area contributed by atoms with E-state index >= 15 is 0 Å². The van der Waals surface area contributed by atoms with Crippen molar-refractivity contribution in [2.45, 2.75) is 20.0 Å². The molecule has 1 heterocycles. The van der Waals surface area contributed by atoms with E-state index in [2.05, 4.69) is 32.4 Å². The number of methoxy groups -OCH3 is 1. The minimum Gasteiger partial charge on any atom is -0.497 e. The van der Waals surface area contributed by atoms with E-state index < -0.39 is 0 Å². The van der Waals surface area contributed by atoms with E-state index in [-0.39, 0.29) is 24.0 Å². The Kier molecular flexibility index (Phi) is 8.96. The Hall–Kier alpha value is -2.10. The van der Waals surface area contributed by atoms with E-state index in [1.807, 2.05) is 42.8 Å². The molecule has 2 rings (SSSR count). The average molecular weight is 456 g/mol. The van der Waals surface area contributed by atoms with Gasteiger partial charge in [-0.1, -0.05) is 18.2 Å². The maximum Gasteiger partial charge on any atom is 0.192 e. The standard InChI is InChI=1S/C17H24N6O.HI/c1-5-10-18-17(20-12-16-22-21-13(2)23(16)3)19-11-14-6-8-15(24-4)9-7-14;/h5-9H,1,10-12H2,2-4H3,(H2,18,19,20);1H. The first-order valence-corrected chi connectivity index (χ1v) is 7.75. The van der Waals surface area contributed by atoms with Crippen LogP contribution in [0.15, 0.2) is 41.9 Å². The Bertz CT molecular complexity index is 696. The van der Waals surface area contributed by atoms with Gasteiger partial charge in [0.2, 0.25) is 0 Å². The van der Waals surface area contributed by atoms with Crippen LogP contribution in [-0.2, 0) is 20.1 Å². The second-order valence-electron chi connectivity index (χ2n) is 5.26. The predicted molar refractivity (Wildman–Crippen MR) is 110 cm³/mol. The summed E-state index contributed by atoms with van der Waals surface area (Å²) in [5.41, 5.74) is 1.10. The number of aromatic nitrogens is 3. The smallest absolute Gasteiger partial charge is 0.192 e. The van der Waals surface area contributed by atoms with Crippen molar-refractivity contribution < 1.29 is 4.74 Å². The molecule has 8 heteroatoms. The van der Waals surface area contributed by atoms with Gasteiger partial charge in [-0.3, -0.25) is 0 Å². The highest BCUT2D eigenvalue weighted by atomic mass is 127. The Balaban J connectivity index is 0.00000312. The third-order valence-corrected chi connectivity index (χ3v) is 3.59. The highest BCUT2D eigenvalue weighted by Gasteiger charge is 2.06. The number of hydrogen-bond donors (Lipinski definition) is 2. The zero-order valence-corrected chi connectivity index (χ0v) is 17.2. The number of rotatable bonds is 7. The second kappa shape index (κ2) is 10.7. The fourth-order valence-electron chi connectivity index (χ4n) is 2.01. The van der Waals surface area contributed by atoms with Crippen LogP contribution in [-0.4, -0.2) is 34.4 Å². The second-order valence-corrected chi connectivity index (χ2v) is 5.26. The molecular weight excluding hydrogens is 431 g/mol. The summed E-state index contributed by atoms with van der Waals surface area (Å²) in [5, 5.41) is 14.6. The summed E-state index contributed by atoms with van der Waals surface area (Å²) in [5.74, 6) is 3.27. The number of benzene rings is 1. The highest BCUT2D eigenvalue weighted by molar-refractivity contribution is 14.0. The SMILES string of the molecule is C=CCNC(=NCc1ccc(OC)cc1)NCc1nnc(C)n1C.I. The van der Waals surface area contributed by atoms with Crippen LogP contribution in [0.3, 0.4) is 0 Å². The van der Waals surface area contributed by atoms with Crippen molar-refractivity contribution in [3.63, 3.8) is 0 Å². The predicted octanol–water partition coefficient (Wildman–Crippen LogP) is 2.17. The molecule has 0 aliphatic carbocycles. The Morgan fingerprint density at radius 1 is 1.28 bits per heavy atom. The molecule has 0 aliphatic heterocycles. The molecule has 2 aromatic rings. The van der Waals surface area contributed by atoms with Crippen molar-refractivity contribution in [2.75, 3.05) is 13.7 Å². The van der Waals surface area contributed by atoms with Crippen molar-refractivity contribution >= 4 is 29.9 Å². The summed E-state index contributed by atoms with van der Waals surface area (Å²) in [6.07, 6.45) is 1.79. The molecule has 0 fully saturated rings. The summed E-state index contributed by atoms with van der Waals surface area (Å²) in [6.45, 7) is 7.38. The summed E-state index contributed by atoms with van der Waals surface area (Å²) in [7, 11) is 3.60. The monoisotopic (exact) mass is 456 g/mol. The zero-order valence-electron chi connectivity index (χ0n) is 14.8. The topological polar surface area (TPSA) is 76.4 Å². The Labute approximate surface area is 165 Å². The number of halogens is 1. The average Bonchev–Trinajstić information content (AvgIpc) is 2.93. The lowest BCUT2D eigenvalue weighted by Crippen LogP contribution is -2.37. The zero-order chi connectivity index (χ0) is 17.4. The lowest BCUT2D eigenvalue weighted by Gasteiger charge is -2.11. The molecule has 0 unspecified atom stereocenters. The van der Waals surface area contributed by atoms with Gasteiger partial charge >= 0.3 is 0 Å². The molecule has 0 bridgehead atoms. The molecule has 0 spiro atoms. The molecule has 0 atom stereocenters. The molecule has 2 N–H and O–H groups in total. The number of nitrogens with zero attached hydrogens (tertiary/aromatic N) is 4. The molecule has 0 radical (unpaired) electrons. The molecule has 1 aromatic heterocycles. The van der Waals surface area contributed by atoms with Gasteiger partial charge in [0.25, 0.3) is 0 Å². The highest BCUT2D eigenvalue weighted by Crippen LogP contribution is 2.11. The lowest BCUT2D eigenvalue weighted by molar-refractivity contribution is 0.414. The third-order valence-electron chi connectivity index (χ3n) is 3.59. The van der Waals surface area contributed by atoms with E-state index in [0.717, 1.165) is 23.0 Å². The minimum absolute atomic E-state index is 0. The first-order valence-electron chi connectivity index (χ1n) is 7.75. The van der Waals surface area contributed by atoms with Crippen LogP contribution in [0.25, 0.3) is 0 Å². The van der Waals surface area contributed by atoms with Gasteiger partial charge in [-0.25, -0.2) is 4.99 Å². The Morgan fingerprint density at radius 3 is 2.56 bits per heavy atom. The lowest BCUT2D eigenvalue weighted by atomic mass is 10.2. The summed E-state index contributed by atoms with van der Waals surface area (Å²) in [4.78, 5) is 4.59. The van der Waals surface area contributed by atoms with E-state index in [9.17, 15) is 0 Å². The quantitative estimate of drug-likeness (QED) is 0.289. The first-order chi connectivity index (χ1) is 11.6. The number of ether oxygens (including phenoxy) is 1. The van der Waals surface area contributed by atoms with Crippen LogP contribution < -0.4 is 15.4 Å². The first kappa shape index (κ1) is 20.9. The van der Waals surface area contributed by atoms with Crippen LogP contribution in [0.4, 0.5) is 0 Å². The van der Waals surface area contributed by atoms with Gasteiger partial charge in [-0.15, -0.1) is 40.8 Å². The van der Waals surface area contributed by atoms with Crippen LogP contribution in [0.5, 0.6) is 5.75 Å². The van der Waals surface area contributed by atoms with Gasteiger partial charge in [0.1, 0.15) is 11.6 Å². The molecule has 0 aliphatic rings. The summed E-state index contributed by atoms with van der Waals surface area (Å²) >= 11 is 0. The Morgan fingerprint density at radius 2 is 2.00 bits per heavy atom. The normalized spacial score (nSPS) is 10.8. The number of hydrogen-bond acceptors (Lipinski definition) is 4. The van der Waals surface area contributed by atoms with Gasteiger partial charge in [-0.2, -0.15) is 0 Å². The molecule has 136 valence electrons. The molecule has 0 saturated carbocycles. The van der Waals surface area contributed by atoms with Crippen LogP contribution >= 0.6 is 24.0 Å².